The predicted molar refractivity (Wildman–Crippen MR) is 66.0 cm³/mol. The largest absolute Gasteiger partial charge is 0.383 e. The molecule has 1 aromatic heterocycles. The highest BCUT2D eigenvalue weighted by atomic mass is 16.5. The fourth-order valence-electron chi connectivity index (χ4n) is 1.48. The van der Waals surface area contributed by atoms with Crippen LogP contribution in [-0.4, -0.2) is 29.5 Å². The van der Waals surface area contributed by atoms with Crippen molar-refractivity contribution in [3.63, 3.8) is 0 Å². The Morgan fingerprint density at radius 2 is 2.38 bits per heavy atom. The van der Waals surface area contributed by atoms with Crippen molar-refractivity contribution >= 4 is 6.20 Å². The standard InChI is InChI=1S/C12H21N3O/c1-5-15-8-11(7-14-15)6-13-12(9-16-4)10(2)3/h5,7-8,10,12-13H,1,6,9H2,2-4H3. The van der Waals surface area contributed by atoms with E-state index < -0.39 is 0 Å². The van der Waals surface area contributed by atoms with Crippen LogP contribution >= 0.6 is 0 Å². The predicted octanol–water partition coefficient (Wildman–Crippen LogP) is 1.74. The van der Waals surface area contributed by atoms with Crippen LogP contribution in [0.1, 0.15) is 19.4 Å². The van der Waals surface area contributed by atoms with Crippen LogP contribution in [0.2, 0.25) is 0 Å². The number of aromatic nitrogens is 2. The molecule has 0 bridgehead atoms. The maximum atomic E-state index is 5.18. The number of rotatable bonds is 7. The zero-order valence-electron chi connectivity index (χ0n) is 10.3. The fourth-order valence-corrected chi connectivity index (χ4v) is 1.48. The van der Waals surface area contributed by atoms with E-state index in [4.69, 9.17) is 4.74 Å². The van der Waals surface area contributed by atoms with Crippen LogP contribution in [0.3, 0.4) is 0 Å². The van der Waals surface area contributed by atoms with E-state index >= 15 is 0 Å². The first-order valence-electron chi connectivity index (χ1n) is 5.55. The molecule has 4 nitrogen and oxygen atoms in total. The van der Waals surface area contributed by atoms with E-state index in [1.807, 2.05) is 12.4 Å². The van der Waals surface area contributed by atoms with Crippen LogP contribution in [0.5, 0.6) is 0 Å². The summed E-state index contributed by atoms with van der Waals surface area (Å²) in [5.74, 6) is 0.550. The smallest absolute Gasteiger partial charge is 0.0618 e. The van der Waals surface area contributed by atoms with Gasteiger partial charge in [-0.25, -0.2) is 4.68 Å². The second-order valence-corrected chi connectivity index (χ2v) is 4.20. The number of hydrogen-bond donors (Lipinski definition) is 1. The molecule has 0 radical (unpaired) electrons. The second-order valence-electron chi connectivity index (χ2n) is 4.20. The highest BCUT2D eigenvalue weighted by Crippen LogP contribution is 2.04. The van der Waals surface area contributed by atoms with Gasteiger partial charge in [0.2, 0.25) is 0 Å². The third kappa shape index (κ3) is 3.79. The molecule has 1 rings (SSSR count). The molecule has 0 saturated carbocycles. The minimum absolute atomic E-state index is 0.372. The Kier molecular flexibility index (Phi) is 5.22. The molecule has 0 aliphatic heterocycles. The van der Waals surface area contributed by atoms with Crippen molar-refractivity contribution in [1.29, 1.82) is 0 Å². The molecule has 0 aliphatic rings. The van der Waals surface area contributed by atoms with Crippen molar-refractivity contribution in [2.24, 2.45) is 5.92 Å². The van der Waals surface area contributed by atoms with Gasteiger partial charge in [-0.05, 0) is 5.92 Å². The summed E-state index contributed by atoms with van der Waals surface area (Å²) in [5.41, 5.74) is 1.15. The molecule has 0 aliphatic carbocycles. The average Bonchev–Trinajstić information content (AvgIpc) is 2.71. The van der Waals surface area contributed by atoms with Crippen LogP contribution in [0.25, 0.3) is 6.20 Å². The molecule has 16 heavy (non-hydrogen) atoms. The molecule has 1 unspecified atom stereocenters. The molecule has 1 atom stereocenters. The van der Waals surface area contributed by atoms with Gasteiger partial charge in [0, 0.05) is 37.7 Å². The Bertz CT molecular complexity index is 320. The van der Waals surface area contributed by atoms with Gasteiger partial charge in [0.05, 0.1) is 12.8 Å². The Morgan fingerprint density at radius 3 is 2.88 bits per heavy atom. The topological polar surface area (TPSA) is 39.1 Å². The van der Waals surface area contributed by atoms with E-state index in [0.717, 1.165) is 18.7 Å². The molecule has 4 heteroatoms. The first-order chi connectivity index (χ1) is 7.67. The van der Waals surface area contributed by atoms with Crippen molar-refractivity contribution < 1.29 is 4.74 Å². The molecule has 0 amide bonds. The monoisotopic (exact) mass is 223 g/mol. The van der Waals surface area contributed by atoms with Gasteiger partial charge in [-0.2, -0.15) is 5.10 Å². The number of methoxy groups -OCH3 is 1. The molecule has 1 N–H and O–H groups in total. The van der Waals surface area contributed by atoms with Crippen molar-refractivity contribution in [2.75, 3.05) is 13.7 Å². The SMILES string of the molecule is C=Cn1cc(CNC(COC)C(C)C)cn1. The minimum Gasteiger partial charge on any atom is -0.383 e. The Labute approximate surface area is 97.3 Å². The summed E-state index contributed by atoms with van der Waals surface area (Å²) in [4.78, 5) is 0. The van der Waals surface area contributed by atoms with Gasteiger partial charge in [-0.15, -0.1) is 0 Å². The molecule has 0 spiro atoms. The highest BCUT2D eigenvalue weighted by molar-refractivity contribution is 5.17. The molecule has 1 heterocycles. The van der Waals surface area contributed by atoms with Gasteiger partial charge in [-0.1, -0.05) is 20.4 Å². The van der Waals surface area contributed by atoms with Gasteiger partial charge >= 0.3 is 0 Å². The summed E-state index contributed by atoms with van der Waals surface area (Å²) in [6.07, 6.45) is 5.49. The Morgan fingerprint density at radius 1 is 1.62 bits per heavy atom. The van der Waals surface area contributed by atoms with E-state index in [1.54, 1.807) is 18.0 Å². The van der Waals surface area contributed by atoms with E-state index in [2.05, 4.69) is 30.8 Å². The van der Waals surface area contributed by atoms with E-state index in [0.29, 0.717) is 12.0 Å². The van der Waals surface area contributed by atoms with Crippen molar-refractivity contribution in [1.82, 2.24) is 15.1 Å². The van der Waals surface area contributed by atoms with Crippen molar-refractivity contribution in [3.8, 4) is 0 Å². The summed E-state index contributed by atoms with van der Waals surface area (Å²) in [6.45, 7) is 9.56. The zero-order valence-corrected chi connectivity index (χ0v) is 10.3. The maximum Gasteiger partial charge on any atom is 0.0618 e. The van der Waals surface area contributed by atoms with Gasteiger partial charge in [0.15, 0.2) is 0 Å². The molecule has 90 valence electrons. The lowest BCUT2D eigenvalue weighted by molar-refractivity contribution is 0.146. The lowest BCUT2D eigenvalue weighted by atomic mass is 10.1. The quantitative estimate of drug-likeness (QED) is 0.765. The summed E-state index contributed by atoms with van der Waals surface area (Å²) in [5, 5.41) is 7.59. The highest BCUT2D eigenvalue weighted by Gasteiger charge is 2.12. The molecular formula is C12H21N3O. The second kappa shape index (κ2) is 6.45. The van der Waals surface area contributed by atoms with Crippen LogP contribution in [0.15, 0.2) is 19.0 Å². The lowest BCUT2D eigenvalue weighted by Gasteiger charge is -2.21. The molecule has 0 saturated heterocycles. The van der Waals surface area contributed by atoms with Crippen LogP contribution in [-0.2, 0) is 11.3 Å². The Balaban J connectivity index is 2.44. The van der Waals surface area contributed by atoms with Gasteiger partial charge in [-0.3, -0.25) is 0 Å². The normalized spacial score (nSPS) is 13.0. The number of nitrogens with one attached hydrogen (secondary N) is 1. The van der Waals surface area contributed by atoms with Gasteiger partial charge in [0.1, 0.15) is 0 Å². The number of hydrogen-bond acceptors (Lipinski definition) is 3. The number of nitrogens with zero attached hydrogens (tertiary/aromatic N) is 2. The number of ether oxygens (including phenoxy) is 1. The molecular weight excluding hydrogens is 202 g/mol. The summed E-state index contributed by atoms with van der Waals surface area (Å²) >= 11 is 0. The Hall–Kier alpha value is -1.13. The van der Waals surface area contributed by atoms with E-state index in [9.17, 15) is 0 Å². The molecule has 0 fully saturated rings. The minimum atomic E-state index is 0.372. The lowest BCUT2D eigenvalue weighted by Crippen LogP contribution is -2.37. The summed E-state index contributed by atoms with van der Waals surface area (Å²) in [7, 11) is 1.73. The van der Waals surface area contributed by atoms with Crippen molar-refractivity contribution in [3.05, 3.63) is 24.5 Å². The van der Waals surface area contributed by atoms with E-state index in [1.165, 1.54) is 0 Å². The average molecular weight is 223 g/mol. The van der Waals surface area contributed by atoms with Crippen LogP contribution < -0.4 is 5.32 Å². The van der Waals surface area contributed by atoms with Crippen LogP contribution in [0, 0.1) is 5.92 Å². The third-order valence-corrected chi connectivity index (χ3v) is 2.56. The van der Waals surface area contributed by atoms with Crippen LogP contribution in [0.4, 0.5) is 0 Å². The first kappa shape index (κ1) is 12.9. The van der Waals surface area contributed by atoms with Gasteiger partial charge in [0.25, 0.3) is 0 Å². The first-order valence-corrected chi connectivity index (χ1v) is 5.55. The van der Waals surface area contributed by atoms with E-state index in [-0.39, 0.29) is 0 Å². The molecule has 0 aromatic carbocycles. The fraction of sp³-hybridized carbons (Fsp3) is 0.583. The zero-order chi connectivity index (χ0) is 12.0. The maximum absolute atomic E-state index is 5.18. The molecule has 1 aromatic rings. The van der Waals surface area contributed by atoms with Crippen molar-refractivity contribution in [2.45, 2.75) is 26.4 Å². The summed E-state index contributed by atoms with van der Waals surface area (Å²) < 4.78 is 6.89. The summed E-state index contributed by atoms with van der Waals surface area (Å²) in [6, 6.07) is 0.372. The third-order valence-electron chi connectivity index (χ3n) is 2.56. The van der Waals surface area contributed by atoms with Gasteiger partial charge < -0.3 is 10.1 Å².